The van der Waals surface area contributed by atoms with Crippen LogP contribution in [0.15, 0.2) is 46.9 Å². The number of sulfonamides is 1. The summed E-state index contributed by atoms with van der Waals surface area (Å²) in [6.45, 7) is 3.80. The zero-order valence-electron chi connectivity index (χ0n) is 19.2. The van der Waals surface area contributed by atoms with Gasteiger partial charge in [-0.2, -0.15) is 0 Å². The van der Waals surface area contributed by atoms with Crippen LogP contribution >= 0.6 is 39.1 Å². The van der Waals surface area contributed by atoms with Crippen LogP contribution in [0.3, 0.4) is 0 Å². The summed E-state index contributed by atoms with van der Waals surface area (Å²) >= 11 is 15.5. The average Bonchev–Trinajstić information content (AvgIpc) is 2.77. The number of benzene rings is 2. The lowest BCUT2D eigenvalue weighted by Gasteiger charge is -2.33. The molecule has 1 atom stereocenters. The lowest BCUT2D eigenvalue weighted by Crippen LogP contribution is -2.52. The summed E-state index contributed by atoms with van der Waals surface area (Å²) in [5.74, 6) is -0.818. The highest BCUT2D eigenvalue weighted by molar-refractivity contribution is 9.10. The molecule has 0 aromatic heterocycles. The minimum atomic E-state index is -3.79. The first kappa shape index (κ1) is 28.4. The molecule has 0 fully saturated rings. The van der Waals surface area contributed by atoms with Crippen molar-refractivity contribution in [3.8, 4) is 0 Å². The highest BCUT2D eigenvalue weighted by Crippen LogP contribution is 2.25. The Kier molecular flexibility index (Phi) is 10.7. The summed E-state index contributed by atoms with van der Waals surface area (Å²) < 4.78 is 26.9. The van der Waals surface area contributed by atoms with Gasteiger partial charge in [0.25, 0.3) is 0 Å². The fraction of sp³-hybridized carbons (Fsp3) is 0.391. The number of amides is 2. The van der Waals surface area contributed by atoms with Gasteiger partial charge in [0.15, 0.2) is 0 Å². The standard InChI is InChI=1S/C23H28BrCl2N3O4S/c1-4-11-27-23(31)21(5-2)28(14-16-9-10-19(25)20(26)12-16)22(30)15-29(34(3,32)33)18-8-6-7-17(24)13-18/h6-10,12-13,21H,4-5,11,14-15H2,1-3H3,(H,27,31)/t21-/m0/s1. The molecule has 0 bridgehead atoms. The monoisotopic (exact) mass is 591 g/mol. The number of carbonyl (C=O) groups excluding carboxylic acids is 2. The predicted molar refractivity (Wildman–Crippen MR) is 141 cm³/mol. The highest BCUT2D eigenvalue weighted by atomic mass is 79.9. The molecule has 1 N–H and O–H groups in total. The largest absolute Gasteiger partial charge is 0.354 e. The maximum absolute atomic E-state index is 13.6. The summed E-state index contributed by atoms with van der Waals surface area (Å²) in [6, 6.07) is 10.8. The normalized spacial score (nSPS) is 12.2. The van der Waals surface area contributed by atoms with Crippen LogP contribution in [0, 0.1) is 0 Å². The topological polar surface area (TPSA) is 86.8 Å². The summed E-state index contributed by atoms with van der Waals surface area (Å²) in [7, 11) is -3.79. The molecule has 0 aliphatic heterocycles. The Labute approximate surface area is 219 Å². The van der Waals surface area contributed by atoms with Crippen LogP contribution in [0.4, 0.5) is 5.69 Å². The second-order valence-electron chi connectivity index (χ2n) is 7.73. The second kappa shape index (κ2) is 12.8. The SMILES string of the molecule is CCCNC(=O)[C@H](CC)N(Cc1ccc(Cl)c(Cl)c1)C(=O)CN(c1cccc(Br)c1)S(C)(=O)=O. The third-order valence-electron chi connectivity index (χ3n) is 5.05. The van der Waals surface area contributed by atoms with Gasteiger partial charge in [0.1, 0.15) is 12.6 Å². The maximum Gasteiger partial charge on any atom is 0.244 e. The summed E-state index contributed by atoms with van der Waals surface area (Å²) in [6.07, 6.45) is 2.13. The van der Waals surface area contributed by atoms with Gasteiger partial charge in [0.2, 0.25) is 21.8 Å². The zero-order chi connectivity index (χ0) is 25.5. The van der Waals surface area contributed by atoms with Crippen LogP contribution in [-0.2, 0) is 26.2 Å². The molecule has 0 aliphatic rings. The Morgan fingerprint density at radius 1 is 1.09 bits per heavy atom. The van der Waals surface area contributed by atoms with Crippen molar-refractivity contribution in [2.24, 2.45) is 0 Å². The molecule has 2 rings (SSSR count). The average molecular weight is 593 g/mol. The van der Waals surface area contributed by atoms with Crippen LogP contribution in [0.5, 0.6) is 0 Å². The van der Waals surface area contributed by atoms with Crippen LogP contribution in [-0.4, -0.2) is 50.5 Å². The number of nitrogens with zero attached hydrogens (tertiary/aromatic N) is 2. The predicted octanol–water partition coefficient (Wildman–Crippen LogP) is 4.86. The summed E-state index contributed by atoms with van der Waals surface area (Å²) in [5, 5.41) is 3.52. The molecule has 34 heavy (non-hydrogen) atoms. The first-order chi connectivity index (χ1) is 16.0. The molecule has 0 saturated carbocycles. The van der Waals surface area contributed by atoms with E-state index in [0.717, 1.165) is 17.0 Å². The number of nitrogens with one attached hydrogen (secondary N) is 1. The fourth-order valence-corrected chi connectivity index (χ4v) is 4.91. The van der Waals surface area contributed by atoms with E-state index >= 15 is 0 Å². The van der Waals surface area contributed by atoms with Crippen LogP contribution in [0.2, 0.25) is 10.0 Å². The minimum absolute atomic E-state index is 0.0594. The van der Waals surface area contributed by atoms with Crippen molar-refractivity contribution in [2.75, 3.05) is 23.7 Å². The summed E-state index contributed by atoms with van der Waals surface area (Å²) in [5.41, 5.74) is 1.00. The lowest BCUT2D eigenvalue weighted by atomic mass is 10.1. The van der Waals surface area contributed by atoms with Crippen LogP contribution in [0.1, 0.15) is 32.3 Å². The van der Waals surface area contributed by atoms with Crippen molar-refractivity contribution in [2.45, 2.75) is 39.3 Å². The molecule has 0 heterocycles. The molecule has 2 aromatic carbocycles. The lowest BCUT2D eigenvalue weighted by molar-refractivity contribution is -0.140. The quantitative estimate of drug-likeness (QED) is 0.404. The third kappa shape index (κ3) is 7.86. The molecular weight excluding hydrogens is 565 g/mol. The maximum atomic E-state index is 13.6. The van der Waals surface area contributed by atoms with E-state index in [4.69, 9.17) is 23.2 Å². The van der Waals surface area contributed by atoms with E-state index in [9.17, 15) is 18.0 Å². The molecule has 2 aromatic rings. The minimum Gasteiger partial charge on any atom is -0.354 e. The van der Waals surface area contributed by atoms with E-state index in [-0.39, 0.29) is 12.5 Å². The Morgan fingerprint density at radius 2 is 1.79 bits per heavy atom. The van der Waals surface area contributed by atoms with E-state index < -0.39 is 28.5 Å². The van der Waals surface area contributed by atoms with Crippen LogP contribution in [0.25, 0.3) is 0 Å². The van der Waals surface area contributed by atoms with Gasteiger partial charge < -0.3 is 10.2 Å². The van der Waals surface area contributed by atoms with Gasteiger partial charge in [-0.3, -0.25) is 13.9 Å². The molecule has 0 aliphatic carbocycles. The third-order valence-corrected chi connectivity index (χ3v) is 7.42. The van der Waals surface area contributed by atoms with E-state index in [1.165, 1.54) is 4.90 Å². The molecule has 7 nitrogen and oxygen atoms in total. The first-order valence-electron chi connectivity index (χ1n) is 10.7. The second-order valence-corrected chi connectivity index (χ2v) is 11.4. The number of carbonyl (C=O) groups is 2. The Balaban J connectivity index is 2.44. The van der Waals surface area contributed by atoms with Gasteiger partial charge in [0.05, 0.1) is 22.0 Å². The van der Waals surface area contributed by atoms with Crippen molar-refractivity contribution >= 4 is 66.7 Å². The van der Waals surface area contributed by atoms with E-state index in [1.54, 1.807) is 49.4 Å². The van der Waals surface area contributed by atoms with Gasteiger partial charge in [-0.15, -0.1) is 0 Å². The number of rotatable bonds is 11. The molecule has 186 valence electrons. The zero-order valence-corrected chi connectivity index (χ0v) is 23.1. The molecule has 0 spiro atoms. The number of halogens is 3. The smallest absolute Gasteiger partial charge is 0.244 e. The summed E-state index contributed by atoms with van der Waals surface area (Å²) in [4.78, 5) is 27.8. The number of hydrogen-bond acceptors (Lipinski definition) is 4. The van der Waals surface area contributed by atoms with Gasteiger partial charge in [-0.05, 0) is 48.7 Å². The van der Waals surface area contributed by atoms with Crippen LogP contribution < -0.4 is 9.62 Å². The molecule has 0 radical (unpaired) electrons. The van der Waals surface area contributed by atoms with Crippen molar-refractivity contribution in [3.05, 3.63) is 62.5 Å². The van der Waals surface area contributed by atoms with Gasteiger partial charge in [-0.25, -0.2) is 8.42 Å². The molecule has 0 saturated heterocycles. The van der Waals surface area contributed by atoms with Crippen molar-refractivity contribution < 1.29 is 18.0 Å². The Hall–Kier alpha value is -1.81. The number of hydrogen-bond donors (Lipinski definition) is 1. The van der Waals surface area contributed by atoms with Crippen molar-refractivity contribution in [3.63, 3.8) is 0 Å². The van der Waals surface area contributed by atoms with E-state index in [0.29, 0.717) is 38.7 Å². The van der Waals surface area contributed by atoms with E-state index in [2.05, 4.69) is 21.2 Å². The molecule has 2 amide bonds. The Morgan fingerprint density at radius 3 is 2.35 bits per heavy atom. The molecule has 11 heteroatoms. The highest BCUT2D eigenvalue weighted by Gasteiger charge is 2.31. The van der Waals surface area contributed by atoms with Gasteiger partial charge >= 0.3 is 0 Å². The van der Waals surface area contributed by atoms with Crippen molar-refractivity contribution in [1.82, 2.24) is 10.2 Å². The molecule has 0 unspecified atom stereocenters. The molecular formula is C23H28BrCl2N3O4S. The van der Waals surface area contributed by atoms with Gasteiger partial charge in [0, 0.05) is 17.6 Å². The fourth-order valence-electron chi connectivity index (χ4n) is 3.37. The Bertz CT molecular complexity index is 1130. The van der Waals surface area contributed by atoms with E-state index in [1.807, 2.05) is 6.92 Å². The first-order valence-corrected chi connectivity index (χ1v) is 14.1. The number of anilines is 1. The van der Waals surface area contributed by atoms with Crippen molar-refractivity contribution in [1.29, 1.82) is 0 Å². The van der Waals surface area contributed by atoms with Gasteiger partial charge in [-0.1, -0.05) is 65.1 Å².